The summed E-state index contributed by atoms with van der Waals surface area (Å²) in [5.74, 6) is 0. The van der Waals surface area contributed by atoms with Crippen LogP contribution in [-0.4, -0.2) is 52.6 Å². The Morgan fingerprint density at radius 1 is 1.15 bits per heavy atom. The Hall–Kier alpha value is -0.230. The number of phosphoric ester groups is 1. The Kier molecular flexibility index (Phi) is 15.2. The molecule has 0 spiro atoms. The molecule has 0 aromatic carbocycles. The summed E-state index contributed by atoms with van der Waals surface area (Å²) in [6.45, 7) is 11.8. The molecule has 0 aromatic rings. The minimum atomic E-state index is -4.38. The lowest BCUT2D eigenvalue weighted by Gasteiger charge is -2.13. The van der Waals surface area contributed by atoms with Crippen molar-refractivity contribution in [3.8, 4) is 0 Å². The number of hydrogen-bond donors (Lipinski definition) is 3. The first kappa shape index (κ1) is 22.1. The normalized spacial score (nSPS) is 12.3. The summed E-state index contributed by atoms with van der Waals surface area (Å²) in [6.07, 6.45) is 3.08. The molecule has 122 valence electrons. The summed E-state index contributed by atoms with van der Waals surface area (Å²) in [5, 5.41) is 8.77. The summed E-state index contributed by atoms with van der Waals surface area (Å²) in [7, 11) is -4.38. The van der Waals surface area contributed by atoms with Gasteiger partial charge in [0.25, 0.3) is 0 Å². The minimum absolute atomic E-state index is 0.0989. The number of rotatable bonds is 9. The SMILES string of the molecule is CCC/C(=C\COP(=O)(O)O)CO.CCN(CC)CC. The van der Waals surface area contributed by atoms with Gasteiger partial charge in [-0.05, 0) is 31.6 Å². The Balaban J connectivity index is 0. The van der Waals surface area contributed by atoms with Gasteiger partial charge in [-0.2, -0.15) is 0 Å². The van der Waals surface area contributed by atoms with Gasteiger partial charge in [-0.3, -0.25) is 4.52 Å². The highest BCUT2D eigenvalue weighted by Gasteiger charge is 2.11. The van der Waals surface area contributed by atoms with Crippen molar-refractivity contribution in [2.24, 2.45) is 0 Å². The predicted molar refractivity (Wildman–Crippen MR) is 81.5 cm³/mol. The van der Waals surface area contributed by atoms with Crippen LogP contribution in [-0.2, 0) is 9.09 Å². The molecular weight excluding hydrogens is 281 g/mol. The van der Waals surface area contributed by atoms with Gasteiger partial charge in [0.05, 0.1) is 13.2 Å². The van der Waals surface area contributed by atoms with Crippen LogP contribution in [0, 0.1) is 0 Å². The van der Waals surface area contributed by atoms with E-state index in [4.69, 9.17) is 14.9 Å². The fourth-order valence-electron chi connectivity index (χ4n) is 1.49. The highest BCUT2D eigenvalue weighted by atomic mass is 31.2. The summed E-state index contributed by atoms with van der Waals surface area (Å²) in [4.78, 5) is 19.0. The number of hydrogen-bond acceptors (Lipinski definition) is 4. The standard InChI is InChI=1S/C7H15O5P.C6H15N/c1-2-3-7(6-8)4-5-12-13(9,10)11;1-4-7(5-2)6-3/h4,8H,2-3,5-6H2,1H3,(H2,9,10,11);4-6H2,1-3H3/b7-4+;. The first-order chi connectivity index (χ1) is 9.34. The van der Waals surface area contributed by atoms with E-state index in [9.17, 15) is 4.57 Å². The van der Waals surface area contributed by atoms with Gasteiger partial charge in [-0.25, -0.2) is 4.57 Å². The van der Waals surface area contributed by atoms with Crippen molar-refractivity contribution in [2.75, 3.05) is 32.8 Å². The Morgan fingerprint density at radius 3 is 1.90 bits per heavy atom. The molecule has 0 aliphatic heterocycles. The van der Waals surface area contributed by atoms with Crippen LogP contribution in [0.4, 0.5) is 0 Å². The molecular formula is C13H30NO5P. The summed E-state index contributed by atoms with van der Waals surface area (Å²) < 4.78 is 14.4. The highest BCUT2D eigenvalue weighted by Crippen LogP contribution is 2.35. The fourth-order valence-corrected chi connectivity index (χ4v) is 1.76. The molecule has 3 N–H and O–H groups in total. The lowest BCUT2D eigenvalue weighted by molar-refractivity contribution is 0.214. The van der Waals surface area contributed by atoms with E-state index in [1.165, 1.54) is 25.7 Å². The van der Waals surface area contributed by atoms with Crippen LogP contribution in [0.3, 0.4) is 0 Å². The second kappa shape index (κ2) is 13.7. The van der Waals surface area contributed by atoms with Crippen molar-refractivity contribution in [1.82, 2.24) is 4.90 Å². The molecule has 0 atom stereocenters. The largest absolute Gasteiger partial charge is 0.469 e. The second-order valence-electron chi connectivity index (χ2n) is 4.18. The van der Waals surface area contributed by atoms with Crippen LogP contribution >= 0.6 is 7.82 Å². The lowest BCUT2D eigenvalue weighted by Crippen LogP contribution is -2.21. The average molecular weight is 311 g/mol. The summed E-state index contributed by atoms with van der Waals surface area (Å²) >= 11 is 0. The molecule has 0 heterocycles. The zero-order valence-corrected chi connectivity index (χ0v) is 14.0. The molecule has 0 rings (SSSR count). The molecule has 6 nitrogen and oxygen atoms in total. The maximum atomic E-state index is 10.2. The Bertz CT molecular complexity index is 281. The van der Waals surface area contributed by atoms with Crippen molar-refractivity contribution in [1.29, 1.82) is 0 Å². The van der Waals surface area contributed by atoms with E-state index in [-0.39, 0.29) is 13.2 Å². The molecule has 0 unspecified atom stereocenters. The minimum Gasteiger partial charge on any atom is -0.392 e. The molecule has 0 aromatic heterocycles. The molecule has 0 radical (unpaired) electrons. The van der Waals surface area contributed by atoms with Gasteiger partial charge in [0, 0.05) is 0 Å². The van der Waals surface area contributed by atoms with Crippen LogP contribution in [0.5, 0.6) is 0 Å². The van der Waals surface area contributed by atoms with Gasteiger partial charge < -0.3 is 19.8 Å². The van der Waals surface area contributed by atoms with E-state index in [2.05, 4.69) is 30.2 Å². The average Bonchev–Trinajstić information content (AvgIpc) is 2.39. The lowest BCUT2D eigenvalue weighted by atomic mass is 10.1. The number of aliphatic hydroxyl groups is 1. The highest BCUT2D eigenvalue weighted by molar-refractivity contribution is 7.46. The maximum Gasteiger partial charge on any atom is 0.469 e. The van der Waals surface area contributed by atoms with Gasteiger partial charge in [0.1, 0.15) is 0 Å². The zero-order chi connectivity index (χ0) is 16.0. The summed E-state index contributed by atoms with van der Waals surface area (Å²) in [5.41, 5.74) is 0.732. The molecule has 0 amide bonds. The van der Waals surface area contributed by atoms with Crippen molar-refractivity contribution in [2.45, 2.75) is 40.5 Å². The number of nitrogens with zero attached hydrogens (tertiary/aromatic N) is 1. The van der Waals surface area contributed by atoms with Crippen molar-refractivity contribution in [3.63, 3.8) is 0 Å². The third-order valence-electron chi connectivity index (χ3n) is 2.73. The summed E-state index contributed by atoms with van der Waals surface area (Å²) in [6, 6.07) is 0. The van der Waals surface area contributed by atoms with E-state index >= 15 is 0 Å². The van der Waals surface area contributed by atoms with Gasteiger partial charge in [0.2, 0.25) is 0 Å². The maximum absolute atomic E-state index is 10.2. The van der Waals surface area contributed by atoms with Crippen molar-refractivity contribution < 1.29 is 24.0 Å². The molecule has 7 heteroatoms. The van der Waals surface area contributed by atoms with Crippen LogP contribution < -0.4 is 0 Å². The van der Waals surface area contributed by atoms with Crippen LogP contribution in [0.25, 0.3) is 0 Å². The van der Waals surface area contributed by atoms with E-state index in [0.29, 0.717) is 6.42 Å². The quantitative estimate of drug-likeness (QED) is 0.446. The molecule has 0 bridgehead atoms. The van der Waals surface area contributed by atoms with Crippen LogP contribution in [0.2, 0.25) is 0 Å². The molecule has 0 saturated carbocycles. The zero-order valence-electron chi connectivity index (χ0n) is 13.1. The first-order valence-corrected chi connectivity index (χ1v) is 8.58. The fraction of sp³-hybridized carbons (Fsp3) is 0.846. The molecule has 0 fully saturated rings. The van der Waals surface area contributed by atoms with E-state index in [1.54, 1.807) is 0 Å². The first-order valence-electron chi connectivity index (χ1n) is 7.05. The number of aliphatic hydroxyl groups excluding tert-OH is 1. The van der Waals surface area contributed by atoms with Gasteiger partial charge >= 0.3 is 7.82 Å². The number of phosphoric acid groups is 1. The molecule has 0 aliphatic carbocycles. The van der Waals surface area contributed by atoms with E-state index in [1.807, 2.05) is 6.92 Å². The van der Waals surface area contributed by atoms with E-state index < -0.39 is 7.82 Å². The molecule has 0 saturated heterocycles. The van der Waals surface area contributed by atoms with Crippen molar-refractivity contribution >= 4 is 7.82 Å². The smallest absolute Gasteiger partial charge is 0.392 e. The molecule has 0 aliphatic rings. The van der Waals surface area contributed by atoms with Gasteiger partial charge in [0.15, 0.2) is 0 Å². The van der Waals surface area contributed by atoms with Crippen LogP contribution in [0.1, 0.15) is 40.5 Å². The topological polar surface area (TPSA) is 90.2 Å². The Labute approximate surface area is 122 Å². The monoisotopic (exact) mass is 311 g/mol. The molecule has 20 heavy (non-hydrogen) atoms. The third-order valence-corrected chi connectivity index (χ3v) is 3.22. The predicted octanol–water partition coefficient (Wildman–Crippen LogP) is 2.16. The van der Waals surface area contributed by atoms with Crippen LogP contribution in [0.15, 0.2) is 11.6 Å². The third kappa shape index (κ3) is 15.8. The van der Waals surface area contributed by atoms with E-state index in [0.717, 1.165) is 12.0 Å². The van der Waals surface area contributed by atoms with Gasteiger partial charge in [-0.15, -0.1) is 0 Å². The van der Waals surface area contributed by atoms with Gasteiger partial charge in [-0.1, -0.05) is 40.2 Å². The van der Waals surface area contributed by atoms with Crippen molar-refractivity contribution in [3.05, 3.63) is 11.6 Å². The second-order valence-corrected chi connectivity index (χ2v) is 5.42. The Morgan fingerprint density at radius 2 is 1.65 bits per heavy atom.